The third-order valence-electron chi connectivity index (χ3n) is 4.55. The highest BCUT2D eigenvalue weighted by molar-refractivity contribution is 7.92. The standard InChI is InChI=1S/C21H17Cl2FN2O3S/c1-13-18(22)4-3-5-20(13)25-21(27)17-12-16(10-11-19(17)23)30(28,29)26(2)15-8-6-14(24)7-9-15/h3-12H,1-2H3,(H,25,27). The van der Waals surface area contributed by atoms with Gasteiger partial charge >= 0.3 is 0 Å². The number of hydrogen-bond acceptors (Lipinski definition) is 3. The Kier molecular flexibility index (Phi) is 6.36. The third kappa shape index (κ3) is 4.43. The Morgan fingerprint density at radius 3 is 2.33 bits per heavy atom. The number of hydrogen-bond donors (Lipinski definition) is 1. The molecule has 0 radical (unpaired) electrons. The van der Waals surface area contributed by atoms with Crippen molar-refractivity contribution in [3.8, 4) is 0 Å². The summed E-state index contributed by atoms with van der Waals surface area (Å²) >= 11 is 12.2. The SMILES string of the molecule is Cc1c(Cl)cccc1NC(=O)c1cc(S(=O)(=O)N(C)c2ccc(F)cc2)ccc1Cl. The zero-order valence-electron chi connectivity index (χ0n) is 16.0. The molecule has 0 aliphatic heterocycles. The zero-order valence-corrected chi connectivity index (χ0v) is 18.3. The lowest BCUT2D eigenvalue weighted by molar-refractivity contribution is 0.102. The van der Waals surface area contributed by atoms with Gasteiger partial charge in [0.1, 0.15) is 5.82 Å². The van der Waals surface area contributed by atoms with Gasteiger partial charge < -0.3 is 5.32 Å². The van der Waals surface area contributed by atoms with Crippen molar-refractivity contribution < 1.29 is 17.6 Å². The van der Waals surface area contributed by atoms with Gasteiger partial charge in [-0.3, -0.25) is 9.10 Å². The van der Waals surface area contributed by atoms with Crippen LogP contribution >= 0.6 is 23.2 Å². The van der Waals surface area contributed by atoms with Gasteiger partial charge in [0.15, 0.2) is 0 Å². The Morgan fingerprint density at radius 2 is 1.67 bits per heavy atom. The summed E-state index contributed by atoms with van der Waals surface area (Å²) in [6.07, 6.45) is 0. The number of carbonyl (C=O) groups is 1. The number of nitrogens with one attached hydrogen (secondary N) is 1. The Balaban J connectivity index is 1.95. The number of benzene rings is 3. The normalized spacial score (nSPS) is 11.2. The monoisotopic (exact) mass is 466 g/mol. The van der Waals surface area contributed by atoms with Gasteiger partial charge in [-0.05, 0) is 67.1 Å². The van der Waals surface area contributed by atoms with Crippen molar-refractivity contribution in [1.82, 2.24) is 0 Å². The molecule has 0 fully saturated rings. The lowest BCUT2D eigenvalue weighted by Crippen LogP contribution is -2.27. The van der Waals surface area contributed by atoms with Crippen LogP contribution in [0, 0.1) is 12.7 Å². The number of sulfonamides is 1. The van der Waals surface area contributed by atoms with E-state index in [-0.39, 0.29) is 21.2 Å². The molecule has 1 N–H and O–H groups in total. The molecule has 0 heterocycles. The molecule has 0 unspecified atom stereocenters. The first-order valence-corrected chi connectivity index (χ1v) is 10.9. The Bertz CT molecular complexity index is 1220. The second-order valence-electron chi connectivity index (χ2n) is 6.46. The van der Waals surface area contributed by atoms with Crippen LogP contribution in [0.3, 0.4) is 0 Å². The highest BCUT2D eigenvalue weighted by Gasteiger charge is 2.24. The summed E-state index contributed by atoms with van der Waals surface area (Å²) in [5, 5.41) is 3.27. The van der Waals surface area contributed by atoms with E-state index < -0.39 is 21.7 Å². The summed E-state index contributed by atoms with van der Waals surface area (Å²) in [7, 11) is -2.67. The summed E-state index contributed by atoms with van der Waals surface area (Å²) in [4.78, 5) is 12.6. The lowest BCUT2D eigenvalue weighted by atomic mass is 10.1. The molecular formula is C21H17Cl2FN2O3S. The molecule has 5 nitrogen and oxygen atoms in total. The van der Waals surface area contributed by atoms with Crippen LogP contribution in [0.2, 0.25) is 10.0 Å². The molecule has 30 heavy (non-hydrogen) atoms. The minimum atomic E-state index is -4.01. The van der Waals surface area contributed by atoms with Crippen LogP contribution in [0.4, 0.5) is 15.8 Å². The molecule has 0 spiro atoms. The number of amides is 1. The van der Waals surface area contributed by atoms with Gasteiger partial charge in [0.2, 0.25) is 0 Å². The van der Waals surface area contributed by atoms with E-state index in [4.69, 9.17) is 23.2 Å². The average Bonchev–Trinajstić information content (AvgIpc) is 2.71. The minimum Gasteiger partial charge on any atom is -0.322 e. The number of rotatable bonds is 5. The van der Waals surface area contributed by atoms with Crippen LogP contribution in [-0.2, 0) is 10.0 Å². The molecular weight excluding hydrogens is 450 g/mol. The molecule has 3 aromatic rings. The maximum absolute atomic E-state index is 13.2. The van der Waals surface area contributed by atoms with Crippen LogP contribution in [-0.4, -0.2) is 21.4 Å². The van der Waals surface area contributed by atoms with Crippen LogP contribution in [0.5, 0.6) is 0 Å². The van der Waals surface area contributed by atoms with Gasteiger partial charge in [-0.25, -0.2) is 12.8 Å². The van der Waals surface area contributed by atoms with Crippen molar-refractivity contribution in [3.63, 3.8) is 0 Å². The highest BCUT2D eigenvalue weighted by atomic mass is 35.5. The topological polar surface area (TPSA) is 66.5 Å². The molecule has 0 aliphatic carbocycles. The van der Waals surface area contributed by atoms with Crippen molar-refractivity contribution in [2.24, 2.45) is 0 Å². The van der Waals surface area contributed by atoms with Crippen molar-refractivity contribution in [3.05, 3.63) is 87.7 Å². The molecule has 0 aromatic heterocycles. The van der Waals surface area contributed by atoms with Crippen LogP contribution < -0.4 is 9.62 Å². The van der Waals surface area contributed by atoms with E-state index in [2.05, 4.69) is 5.32 Å². The van der Waals surface area contributed by atoms with Crippen molar-refractivity contribution in [1.29, 1.82) is 0 Å². The van der Waals surface area contributed by atoms with Crippen LogP contribution in [0.1, 0.15) is 15.9 Å². The molecule has 0 aliphatic rings. The lowest BCUT2D eigenvalue weighted by Gasteiger charge is -2.20. The van der Waals surface area contributed by atoms with Gasteiger partial charge in [0, 0.05) is 17.8 Å². The average molecular weight is 467 g/mol. The van der Waals surface area contributed by atoms with Crippen molar-refractivity contribution >= 4 is 50.5 Å². The fourth-order valence-electron chi connectivity index (χ4n) is 2.72. The highest BCUT2D eigenvalue weighted by Crippen LogP contribution is 2.28. The van der Waals surface area contributed by atoms with Crippen LogP contribution in [0.25, 0.3) is 0 Å². The molecule has 0 saturated heterocycles. The maximum Gasteiger partial charge on any atom is 0.264 e. The number of carbonyl (C=O) groups excluding carboxylic acids is 1. The Labute approximate surface area is 184 Å². The molecule has 0 atom stereocenters. The molecule has 3 aromatic carbocycles. The summed E-state index contributed by atoms with van der Waals surface area (Å²) in [5.74, 6) is -1.06. The molecule has 0 saturated carbocycles. The Morgan fingerprint density at radius 1 is 1.00 bits per heavy atom. The van der Waals surface area contributed by atoms with E-state index in [1.165, 1.54) is 37.4 Å². The quantitative estimate of drug-likeness (QED) is 0.538. The largest absolute Gasteiger partial charge is 0.322 e. The van der Waals surface area contributed by atoms with Crippen LogP contribution in [0.15, 0.2) is 65.6 Å². The summed E-state index contributed by atoms with van der Waals surface area (Å²) in [5.41, 5.74) is 1.42. The first-order chi connectivity index (χ1) is 14.1. The fraction of sp³-hybridized carbons (Fsp3) is 0.0952. The van der Waals surface area contributed by atoms with E-state index >= 15 is 0 Å². The fourth-order valence-corrected chi connectivity index (χ4v) is 4.32. The summed E-state index contributed by atoms with van der Waals surface area (Å²) in [6, 6.07) is 13.9. The van der Waals surface area contributed by atoms with E-state index in [9.17, 15) is 17.6 Å². The maximum atomic E-state index is 13.2. The Hall–Kier alpha value is -2.61. The molecule has 1 amide bonds. The van der Waals surface area contributed by atoms with E-state index in [1.807, 2.05) is 0 Å². The van der Waals surface area contributed by atoms with Gasteiger partial charge in [0.25, 0.3) is 15.9 Å². The second-order valence-corrected chi connectivity index (χ2v) is 9.24. The summed E-state index contributed by atoms with van der Waals surface area (Å²) in [6.45, 7) is 1.75. The minimum absolute atomic E-state index is 0.00961. The van der Waals surface area contributed by atoms with E-state index in [0.29, 0.717) is 16.3 Å². The molecule has 0 bridgehead atoms. The second kappa shape index (κ2) is 8.63. The predicted octanol–water partition coefficient (Wildman–Crippen LogP) is 5.52. The summed E-state index contributed by atoms with van der Waals surface area (Å²) < 4.78 is 40.2. The molecule has 156 valence electrons. The third-order valence-corrected chi connectivity index (χ3v) is 7.07. The number of halogens is 3. The number of nitrogens with zero attached hydrogens (tertiary/aromatic N) is 1. The van der Waals surface area contributed by atoms with Gasteiger partial charge in [-0.15, -0.1) is 0 Å². The van der Waals surface area contributed by atoms with E-state index in [1.54, 1.807) is 25.1 Å². The smallest absolute Gasteiger partial charge is 0.264 e. The predicted molar refractivity (Wildman–Crippen MR) is 118 cm³/mol. The van der Waals surface area contributed by atoms with Crippen molar-refractivity contribution in [2.75, 3.05) is 16.7 Å². The number of anilines is 2. The first-order valence-electron chi connectivity index (χ1n) is 8.72. The van der Waals surface area contributed by atoms with E-state index in [0.717, 1.165) is 16.4 Å². The van der Waals surface area contributed by atoms with Gasteiger partial charge in [0.05, 0.1) is 21.2 Å². The molecule has 3 rings (SSSR count). The zero-order chi connectivity index (χ0) is 22.1. The van der Waals surface area contributed by atoms with Crippen molar-refractivity contribution in [2.45, 2.75) is 11.8 Å². The van der Waals surface area contributed by atoms with Gasteiger partial charge in [-0.1, -0.05) is 29.3 Å². The first kappa shape index (κ1) is 22.1. The molecule has 9 heteroatoms. The van der Waals surface area contributed by atoms with Gasteiger partial charge in [-0.2, -0.15) is 0 Å².